The van der Waals surface area contributed by atoms with Crippen LogP contribution in [-0.4, -0.2) is 35.2 Å². The number of thiazole rings is 1. The van der Waals surface area contributed by atoms with E-state index in [4.69, 9.17) is 5.11 Å². The lowest BCUT2D eigenvalue weighted by atomic mass is 10.3. The number of hydrogen-bond donors (Lipinski definition) is 3. The van der Waals surface area contributed by atoms with Crippen molar-refractivity contribution in [1.29, 1.82) is 0 Å². The highest BCUT2D eigenvalue weighted by Crippen LogP contribution is 2.07. The highest BCUT2D eigenvalue weighted by Gasteiger charge is 2.00. The van der Waals surface area contributed by atoms with Crippen LogP contribution in [-0.2, 0) is 11.2 Å². The SMILES string of the molecule is Cc1nc(CCNC(=O)NC/C=C/C(=O)O)cs1. The van der Waals surface area contributed by atoms with Gasteiger partial charge in [0.1, 0.15) is 0 Å². The Bertz CT molecular complexity index is 442. The van der Waals surface area contributed by atoms with Crippen molar-refractivity contribution in [1.82, 2.24) is 15.6 Å². The normalized spacial score (nSPS) is 10.5. The van der Waals surface area contributed by atoms with Crippen LogP contribution in [0, 0.1) is 6.92 Å². The predicted octanol–water partition coefficient (Wildman–Crippen LogP) is 0.934. The third-order valence-corrected chi connectivity index (χ3v) is 2.80. The Labute approximate surface area is 109 Å². The fourth-order valence-electron chi connectivity index (χ4n) is 1.20. The number of rotatable bonds is 6. The van der Waals surface area contributed by atoms with Crippen LogP contribution in [0.3, 0.4) is 0 Å². The van der Waals surface area contributed by atoms with E-state index in [2.05, 4.69) is 15.6 Å². The topological polar surface area (TPSA) is 91.3 Å². The molecule has 0 aliphatic heterocycles. The molecule has 0 bridgehead atoms. The summed E-state index contributed by atoms with van der Waals surface area (Å²) >= 11 is 1.58. The largest absolute Gasteiger partial charge is 0.478 e. The molecule has 0 aliphatic carbocycles. The highest BCUT2D eigenvalue weighted by molar-refractivity contribution is 7.09. The second kappa shape index (κ2) is 7.44. The summed E-state index contributed by atoms with van der Waals surface area (Å²) in [6.07, 6.45) is 3.03. The second-order valence-electron chi connectivity index (χ2n) is 3.49. The van der Waals surface area contributed by atoms with Crippen LogP contribution >= 0.6 is 11.3 Å². The van der Waals surface area contributed by atoms with Crippen LogP contribution in [0.25, 0.3) is 0 Å². The molecule has 0 atom stereocenters. The summed E-state index contributed by atoms with van der Waals surface area (Å²) in [6, 6.07) is -0.322. The van der Waals surface area contributed by atoms with Gasteiger partial charge < -0.3 is 15.7 Å². The van der Waals surface area contributed by atoms with E-state index in [1.54, 1.807) is 11.3 Å². The molecule has 1 aromatic heterocycles. The summed E-state index contributed by atoms with van der Waals surface area (Å²) in [6.45, 7) is 2.62. The Morgan fingerprint density at radius 2 is 2.28 bits per heavy atom. The predicted molar refractivity (Wildman–Crippen MR) is 68.7 cm³/mol. The van der Waals surface area contributed by atoms with Crippen molar-refractivity contribution in [2.75, 3.05) is 13.1 Å². The molecule has 1 aromatic rings. The van der Waals surface area contributed by atoms with Crippen molar-refractivity contribution in [2.45, 2.75) is 13.3 Å². The molecule has 0 fully saturated rings. The minimum atomic E-state index is -1.03. The first kappa shape index (κ1) is 14.2. The first-order valence-corrected chi connectivity index (χ1v) is 6.28. The number of carboxylic acids is 1. The standard InChI is InChI=1S/C11H15N3O3S/c1-8-14-9(7-18-8)4-6-13-11(17)12-5-2-3-10(15)16/h2-3,7H,4-6H2,1H3,(H,15,16)(H2,12,13,17)/b3-2+. The molecule has 0 radical (unpaired) electrons. The summed E-state index contributed by atoms with van der Waals surface area (Å²) in [5.41, 5.74) is 0.962. The van der Waals surface area contributed by atoms with Gasteiger partial charge >= 0.3 is 12.0 Å². The fourth-order valence-corrected chi connectivity index (χ4v) is 1.85. The zero-order valence-corrected chi connectivity index (χ0v) is 10.8. The molecule has 0 aromatic carbocycles. The van der Waals surface area contributed by atoms with Gasteiger partial charge in [-0.25, -0.2) is 14.6 Å². The van der Waals surface area contributed by atoms with Crippen molar-refractivity contribution in [3.8, 4) is 0 Å². The van der Waals surface area contributed by atoms with Gasteiger partial charge in [0.15, 0.2) is 0 Å². The molecule has 6 nitrogen and oxygen atoms in total. The average molecular weight is 269 g/mol. The molecule has 7 heteroatoms. The average Bonchev–Trinajstić information content (AvgIpc) is 2.70. The molecule has 0 saturated carbocycles. The van der Waals surface area contributed by atoms with Gasteiger partial charge in [0.25, 0.3) is 0 Å². The third kappa shape index (κ3) is 6.00. The summed E-state index contributed by atoms with van der Waals surface area (Å²) < 4.78 is 0. The molecule has 18 heavy (non-hydrogen) atoms. The van der Waals surface area contributed by atoms with Crippen molar-refractivity contribution in [2.24, 2.45) is 0 Å². The quantitative estimate of drug-likeness (QED) is 0.670. The zero-order chi connectivity index (χ0) is 13.4. The van der Waals surface area contributed by atoms with Crippen LogP contribution in [0.1, 0.15) is 10.7 Å². The van der Waals surface area contributed by atoms with E-state index in [0.29, 0.717) is 13.0 Å². The number of urea groups is 1. The lowest BCUT2D eigenvalue weighted by Crippen LogP contribution is -2.36. The molecule has 1 heterocycles. The first-order chi connectivity index (χ1) is 8.58. The van der Waals surface area contributed by atoms with E-state index in [9.17, 15) is 9.59 Å². The lowest BCUT2D eigenvalue weighted by Gasteiger charge is -2.04. The number of aromatic nitrogens is 1. The summed E-state index contributed by atoms with van der Waals surface area (Å²) in [7, 11) is 0. The Kier molecular flexibility index (Phi) is 5.86. The molecular weight excluding hydrogens is 254 g/mol. The number of amides is 2. The Morgan fingerprint density at radius 3 is 2.89 bits per heavy atom. The van der Waals surface area contributed by atoms with Crippen LogP contribution in [0.5, 0.6) is 0 Å². The fraction of sp³-hybridized carbons (Fsp3) is 0.364. The third-order valence-electron chi connectivity index (χ3n) is 1.97. The van der Waals surface area contributed by atoms with E-state index in [-0.39, 0.29) is 12.6 Å². The van der Waals surface area contributed by atoms with E-state index < -0.39 is 5.97 Å². The number of nitrogens with zero attached hydrogens (tertiary/aromatic N) is 1. The number of aryl methyl sites for hydroxylation is 1. The van der Waals surface area contributed by atoms with E-state index in [1.165, 1.54) is 6.08 Å². The van der Waals surface area contributed by atoms with Gasteiger partial charge in [-0.1, -0.05) is 6.08 Å². The van der Waals surface area contributed by atoms with Crippen molar-refractivity contribution in [3.63, 3.8) is 0 Å². The number of hydrogen-bond acceptors (Lipinski definition) is 4. The van der Waals surface area contributed by atoms with E-state index in [1.807, 2.05) is 12.3 Å². The van der Waals surface area contributed by atoms with Crippen molar-refractivity contribution < 1.29 is 14.7 Å². The van der Waals surface area contributed by atoms with Crippen LogP contribution in [0.2, 0.25) is 0 Å². The maximum atomic E-state index is 11.3. The minimum absolute atomic E-state index is 0.188. The van der Waals surface area contributed by atoms with Gasteiger partial charge in [0.2, 0.25) is 0 Å². The van der Waals surface area contributed by atoms with Crippen molar-refractivity contribution in [3.05, 3.63) is 28.2 Å². The number of carboxylic acid groups (broad SMARTS) is 1. The smallest absolute Gasteiger partial charge is 0.328 e. The Balaban J connectivity index is 2.12. The van der Waals surface area contributed by atoms with Gasteiger partial charge in [-0.05, 0) is 6.92 Å². The highest BCUT2D eigenvalue weighted by atomic mass is 32.1. The Morgan fingerprint density at radius 1 is 1.50 bits per heavy atom. The first-order valence-electron chi connectivity index (χ1n) is 5.40. The zero-order valence-electron chi connectivity index (χ0n) is 9.97. The lowest BCUT2D eigenvalue weighted by molar-refractivity contribution is -0.131. The van der Waals surface area contributed by atoms with Gasteiger partial charge in [0, 0.05) is 31.0 Å². The molecule has 0 aliphatic rings. The number of carbonyl (C=O) groups is 2. The molecule has 0 saturated heterocycles. The molecule has 3 N–H and O–H groups in total. The van der Waals surface area contributed by atoms with Crippen LogP contribution in [0.15, 0.2) is 17.5 Å². The van der Waals surface area contributed by atoms with Gasteiger partial charge in [-0.3, -0.25) is 0 Å². The molecule has 0 spiro atoms. The van der Waals surface area contributed by atoms with Crippen molar-refractivity contribution >= 4 is 23.3 Å². The number of aliphatic carboxylic acids is 1. The monoisotopic (exact) mass is 269 g/mol. The van der Waals surface area contributed by atoms with Gasteiger partial charge in [-0.15, -0.1) is 11.3 Å². The maximum Gasteiger partial charge on any atom is 0.328 e. The number of nitrogens with one attached hydrogen (secondary N) is 2. The summed E-state index contributed by atoms with van der Waals surface area (Å²) in [5.74, 6) is -1.03. The van der Waals surface area contributed by atoms with E-state index >= 15 is 0 Å². The minimum Gasteiger partial charge on any atom is -0.478 e. The Hall–Kier alpha value is -1.89. The molecule has 2 amide bonds. The summed E-state index contributed by atoms with van der Waals surface area (Å²) in [4.78, 5) is 25.7. The van der Waals surface area contributed by atoms with Gasteiger partial charge in [0.05, 0.1) is 10.7 Å². The molecule has 1 rings (SSSR count). The van der Waals surface area contributed by atoms with Crippen LogP contribution < -0.4 is 10.6 Å². The maximum absolute atomic E-state index is 11.3. The second-order valence-corrected chi connectivity index (χ2v) is 4.55. The number of carbonyl (C=O) groups excluding carboxylic acids is 1. The summed E-state index contributed by atoms with van der Waals surface area (Å²) in [5, 5.41) is 16.5. The molecule has 98 valence electrons. The molecule has 0 unspecified atom stereocenters. The van der Waals surface area contributed by atoms with Gasteiger partial charge in [-0.2, -0.15) is 0 Å². The van der Waals surface area contributed by atoms with E-state index in [0.717, 1.165) is 16.8 Å². The molecular formula is C11H15N3O3S. The van der Waals surface area contributed by atoms with Crippen LogP contribution in [0.4, 0.5) is 4.79 Å².